The molecule has 4 rings (SSSR count). The topological polar surface area (TPSA) is 189 Å². The quantitative estimate of drug-likeness (QED) is 0.0329. The molecule has 0 fully saturated rings. The van der Waals surface area contributed by atoms with E-state index in [1.54, 1.807) is 54.6 Å². The van der Waals surface area contributed by atoms with E-state index in [0.29, 0.717) is 17.7 Å². The van der Waals surface area contributed by atoms with E-state index in [2.05, 4.69) is 35.9 Å². The van der Waals surface area contributed by atoms with E-state index in [4.69, 9.17) is 11.0 Å². The summed E-state index contributed by atoms with van der Waals surface area (Å²) in [5, 5.41) is 39.3. The summed E-state index contributed by atoms with van der Waals surface area (Å²) in [6.07, 6.45) is 0. The number of nitrogen functional groups attached to an aromatic ring is 1. The van der Waals surface area contributed by atoms with Crippen LogP contribution in [0, 0.1) is 6.07 Å². The van der Waals surface area contributed by atoms with Crippen LogP contribution in [0.15, 0.2) is 97.0 Å². The molecule has 0 aliphatic rings. The monoisotopic (exact) mass is 615 g/mol. The SMILES string of the molecule is Nc1c(N=Nc2[c-]cccc2)c(S(=O)(=O)O)cc2cc(SOOO)c(N=Nc3ccccc3)c(O)c12.[Y]. The van der Waals surface area contributed by atoms with Gasteiger partial charge in [-0.05, 0) is 35.3 Å². The summed E-state index contributed by atoms with van der Waals surface area (Å²) in [6.45, 7) is 0. The number of hydrogen-bond acceptors (Lipinski definition) is 12. The van der Waals surface area contributed by atoms with E-state index in [9.17, 15) is 18.1 Å². The zero-order chi connectivity index (χ0) is 25.7. The Balaban J connectivity index is 0.00000380. The summed E-state index contributed by atoms with van der Waals surface area (Å²) in [6, 6.07) is 20.3. The molecule has 0 saturated heterocycles. The first kappa shape index (κ1) is 28.8. The number of fused-ring (bicyclic) bond motifs is 1. The number of azo groups is 2. The van der Waals surface area contributed by atoms with Gasteiger partial charge in [-0.1, -0.05) is 23.2 Å². The van der Waals surface area contributed by atoms with Gasteiger partial charge in [-0.3, -0.25) is 4.55 Å². The molecule has 187 valence electrons. The molecule has 0 bridgehead atoms. The Bertz CT molecular complexity index is 1570. The standard InChI is InChI=1S/C22H16N5O7S2.Y/c23-19-18-13(12-17(36(30,31)32)21(19)27-25-15-9-5-2-6-10-15)11-16(35-34-33-29)20(22(18)28)26-24-14-7-3-1-4-8-14;/h1-9,11-12,28-29H,23H2,(H,30,31,32);/q-1;. The van der Waals surface area contributed by atoms with Crippen LogP contribution >= 0.6 is 12.0 Å². The van der Waals surface area contributed by atoms with Gasteiger partial charge in [0.1, 0.15) is 16.3 Å². The Morgan fingerprint density at radius 2 is 1.65 bits per heavy atom. The average Bonchev–Trinajstić information content (AvgIpc) is 2.86. The van der Waals surface area contributed by atoms with E-state index in [1.165, 1.54) is 6.07 Å². The summed E-state index contributed by atoms with van der Waals surface area (Å²) in [5.41, 5.74) is 6.14. The Labute approximate surface area is 239 Å². The molecule has 12 nitrogen and oxygen atoms in total. The molecular weight excluding hydrogens is 599 g/mol. The zero-order valence-electron chi connectivity index (χ0n) is 18.6. The van der Waals surface area contributed by atoms with Gasteiger partial charge >= 0.3 is 0 Å². The summed E-state index contributed by atoms with van der Waals surface area (Å²) in [7, 11) is -4.82. The number of anilines is 1. The Kier molecular flexibility index (Phi) is 9.81. The number of phenols is 1. The molecule has 0 heterocycles. The van der Waals surface area contributed by atoms with Crippen LogP contribution in [0.4, 0.5) is 28.4 Å². The molecule has 0 amide bonds. The number of hydrogen-bond donors (Lipinski definition) is 4. The van der Waals surface area contributed by atoms with Crippen LogP contribution in [0.3, 0.4) is 0 Å². The molecule has 0 saturated carbocycles. The maximum atomic E-state index is 12.1. The van der Waals surface area contributed by atoms with Crippen molar-refractivity contribution in [1.29, 1.82) is 0 Å². The summed E-state index contributed by atoms with van der Waals surface area (Å²) in [4.78, 5) is -0.580. The van der Waals surface area contributed by atoms with E-state index in [1.807, 2.05) is 0 Å². The van der Waals surface area contributed by atoms with Gasteiger partial charge in [-0.25, -0.2) is 5.26 Å². The first-order valence-electron chi connectivity index (χ1n) is 9.89. The van der Waals surface area contributed by atoms with Crippen molar-refractivity contribution in [1.82, 2.24) is 0 Å². The van der Waals surface area contributed by atoms with Gasteiger partial charge in [0.2, 0.25) is 0 Å². The Morgan fingerprint density at radius 1 is 0.946 bits per heavy atom. The van der Waals surface area contributed by atoms with Crippen LogP contribution in [0.1, 0.15) is 0 Å². The smallest absolute Gasteiger partial charge is 0.296 e. The van der Waals surface area contributed by atoms with Crippen LogP contribution in [0.25, 0.3) is 10.8 Å². The van der Waals surface area contributed by atoms with Crippen molar-refractivity contribution in [3.8, 4) is 5.75 Å². The number of rotatable bonds is 8. The van der Waals surface area contributed by atoms with Gasteiger partial charge in [0.05, 0.1) is 33.7 Å². The molecule has 37 heavy (non-hydrogen) atoms. The van der Waals surface area contributed by atoms with Crippen LogP contribution in [-0.4, -0.2) is 23.3 Å². The van der Waals surface area contributed by atoms with Crippen molar-refractivity contribution in [3.63, 3.8) is 0 Å². The minimum absolute atomic E-state index is 0. The third kappa shape index (κ3) is 6.74. The van der Waals surface area contributed by atoms with Gasteiger partial charge in [-0.2, -0.15) is 42.9 Å². The third-order valence-electron chi connectivity index (χ3n) is 4.72. The maximum Gasteiger partial charge on any atom is 0.296 e. The van der Waals surface area contributed by atoms with E-state index >= 15 is 0 Å². The molecule has 0 aliphatic carbocycles. The summed E-state index contributed by atoms with van der Waals surface area (Å²) < 4.78 is 38.6. The second-order valence-corrected chi connectivity index (χ2v) is 9.12. The van der Waals surface area contributed by atoms with Crippen LogP contribution in [0.2, 0.25) is 0 Å². The molecular formula is C22H16N5O7S2Y-. The first-order valence-corrected chi connectivity index (χ1v) is 12.1. The average molecular weight is 615 g/mol. The predicted molar refractivity (Wildman–Crippen MR) is 131 cm³/mol. The van der Waals surface area contributed by atoms with Crippen LogP contribution < -0.4 is 5.73 Å². The molecule has 4 aromatic rings. The van der Waals surface area contributed by atoms with Crippen molar-refractivity contribution < 1.29 is 65.4 Å². The zero-order valence-corrected chi connectivity index (χ0v) is 23.1. The second kappa shape index (κ2) is 12.6. The number of benzene rings is 4. The number of phenolic OH excluding ortho intramolecular Hbond substituents is 1. The molecule has 0 unspecified atom stereocenters. The maximum absolute atomic E-state index is 12.1. The molecule has 1 radical (unpaired) electrons. The third-order valence-corrected chi connectivity index (χ3v) is 6.21. The molecule has 0 aromatic heterocycles. The number of aromatic hydroxyl groups is 1. The molecule has 5 N–H and O–H groups in total. The Morgan fingerprint density at radius 3 is 2.30 bits per heavy atom. The van der Waals surface area contributed by atoms with Gasteiger partial charge in [-0.15, -0.1) is 20.6 Å². The molecule has 0 spiro atoms. The fourth-order valence-electron chi connectivity index (χ4n) is 3.18. The minimum atomic E-state index is -4.82. The van der Waals surface area contributed by atoms with Crippen LogP contribution in [0.5, 0.6) is 5.75 Å². The van der Waals surface area contributed by atoms with Gasteiger partial charge in [0, 0.05) is 32.7 Å². The van der Waals surface area contributed by atoms with Crippen molar-refractivity contribution >= 4 is 61.4 Å². The minimum Gasteiger partial charge on any atom is -0.505 e. The van der Waals surface area contributed by atoms with Gasteiger partial charge in [0.25, 0.3) is 10.1 Å². The Hall–Kier alpha value is -2.82. The largest absolute Gasteiger partial charge is 0.505 e. The van der Waals surface area contributed by atoms with E-state index in [-0.39, 0.29) is 65.4 Å². The number of nitrogens with zero attached hydrogens (tertiary/aromatic N) is 4. The van der Waals surface area contributed by atoms with Gasteiger partial charge < -0.3 is 10.8 Å². The normalized spacial score (nSPS) is 11.8. The van der Waals surface area contributed by atoms with E-state index < -0.39 is 26.5 Å². The summed E-state index contributed by atoms with van der Waals surface area (Å²) in [5.74, 6) is -0.502. The van der Waals surface area contributed by atoms with Crippen molar-refractivity contribution in [2.24, 2.45) is 20.5 Å². The van der Waals surface area contributed by atoms with Crippen molar-refractivity contribution in [3.05, 3.63) is 72.8 Å². The molecule has 4 aromatic carbocycles. The fraction of sp³-hybridized carbons (Fsp3) is 0. The fourth-order valence-corrected chi connectivity index (χ4v) is 4.34. The van der Waals surface area contributed by atoms with Gasteiger partial charge in [0.15, 0.2) is 5.75 Å². The van der Waals surface area contributed by atoms with Crippen molar-refractivity contribution in [2.75, 3.05) is 5.73 Å². The molecule has 0 aliphatic heterocycles. The number of nitrogens with two attached hydrogens (primary N) is 1. The van der Waals surface area contributed by atoms with Crippen LogP contribution in [-0.2, 0) is 52.2 Å². The molecule has 0 atom stereocenters. The predicted octanol–water partition coefficient (Wildman–Crippen LogP) is 6.43. The first-order chi connectivity index (χ1) is 17.3. The molecule has 15 heteroatoms. The summed E-state index contributed by atoms with van der Waals surface area (Å²) >= 11 is 0.457. The van der Waals surface area contributed by atoms with Crippen molar-refractivity contribution in [2.45, 2.75) is 9.79 Å². The van der Waals surface area contributed by atoms with E-state index in [0.717, 1.165) is 6.07 Å². The second-order valence-electron chi connectivity index (χ2n) is 6.99.